The van der Waals surface area contributed by atoms with E-state index in [1.807, 2.05) is 26.0 Å². The first-order valence-electron chi connectivity index (χ1n) is 8.00. The molecule has 1 amide bonds. The molecule has 2 aromatic rings. The number of nitrogens with zero attached hydrogens (tertiary/aromatic N) is 1. The topological polar surface area (TPSA) is 67.2 Å². The van der Waals surface area contributed by atoms with E-state index in [0.29, 0.717) is 11.4 Å². The van der Waals surface area contributed by atoms with Crippen molar-refractivity contribution in [3.8, 4) is 10.8 Å². The molecule has 1 aliphatic rings. The number of hydrogen-bond donors (Lipinski definition) is 2. The molecule has 1 fully saturated rings. The van der Waals surface area contributed by atoms with Crippen molar-refractivity contribution in [1.29, 1.82) is 0 Å². The molecular weight excluding hydrogens is 381 g/mol. The number of aromatic nitrogens is 1. The summed E-state index contributed by atoms with van der Waals surface area (Å²) in [7, 11) is 0. The molecule has 1 saturated heterocycles. The summed E-state index contributed by atoms with van der Waals surface area (Å²) in [6, 6.07) is 3.80. The van der Waals surface area contributed by atoms with E-state index < -0.39 is 0 Å². The lowest BCUT2D eigenvalue weighted by atomic mass is 9.81. The van der Waals surface area contributed by atoms with Gasteiger partial charge in [0.1, 0.15) is 10.6 Å². The van der Waals surface area contributed by atoms with Crippen LogP contribution in [-0.4, -0.2) is 30.5 Å². The number of nitrogens with one attached hydrogen (secondary N) is 2. The molecule has 3 rings (SSSR count). The predicted octanol–water partition coefficient (Wildman–Crippen LogP) is 3.98. The molecule has 0 unspecified atom stereocenters. The van der Waals surface area contributed by atoms with Gasteiger partial charge in [0.15, 0.2) is 10.8 Å². The van der Waals surface area contributed by atoms with Gasteiger partial charge < -0.3 is 15.1 Å². The van der Waals surface area contributed by atoms with Crippen molar-refractivity contribution in [1.82, 2.24) is 15.6 Å². The number of hydrogen-bond acceptors (Lipinski definition) is 5. The van der Waals surface area contributed by atoms with Crippen molar-refractivity contribution in [3.63, 3.8) is 0 Å². The van der Waals surface area contributed by atoms with E-state index >= 15 is 0 Å². The Morgan fingerprint density at radius 1 is 1.32 bits per heavy atom. The minimum atomic E-state index is -0.0331. The number of piperidine rings is 1. The highest BCUT2D eigenvalue weighted by Crippen LogP contribution is 2.30. The molecule has 25 heavy (non-hydrogen) atoms. The van der Waals surface area contributed by atoms with Crippen molar-refractivity contribution in [2.45, 2.75) is 33.6 Å². The van der Waals surface area contributed by atoms with E-state index in [4.69, 9.17) is 4.42 Å². The number of furan rings is 1. The number of carbonyl (C=O) groups is 1. The Bertz CT molecular complexity index is 709. The average molecular weight is 406 g/mol. The van der Waals surface area contributed by atoms with Crippen LogP contribution in [0, 0.1) is 19.3 Å². The monoisotopic (exact) mass is 405 g/mol. The second kappa shape index (κ2) is 9.03. The highest BCUT2D eigenvalue weighted by Gasteiger charge is 2.28. The molecular formula is C17H25Cl2N3O2S. The molecule has 5 nitrogen and oxygen atoms in total. The van der Waals surface area contributed by atoms with Gasteiger partial charge in [0.05, 0.1) is 5.69 Å². The first-order chi connectivity index (χ1) is 11.0. The second-order valence-corrected chi connectivity index (χ2v) is 7.59. The Labute approximate surface area is 164 Å². The summed E-state index contributed by atoms with van der Waals surface area (Å²) in [6.07, 6.45) is 2.18. The van der Waals surface area contributed by atoms with Gasteiger partial charge in [-0.3, -0.25) is 4.79 Å². The van der Waals surface area contributed by atoms with E-state index in [2.05, 4.69) is 22.5 Å². The maximum Gasteiger partial charge on any atom is 0.263 e. The SMILES string of the molecule is Cc1ccc(-c2nc(C)c(C(=O)NCC3(C)CCNCC3)s2)o1.Cl.Cl. The Morgan fingerprint density at radius 3 is 2.60 bits per heavy atom. The molecule has 2 N–H and O–H groups in total. The van der Waals surface area contributed by atoms with Crippen LogP contribution in [0.3, 0.4) is 0 Å². The lowest BCUT2D eigenvalue weighted by molar-refractivity contribution is 0.0925. The van der Waals surface area contributed by atoms with Crippen LogP contribution in [0.15, 0.2) is 16.5 Å². The molecule has 1 aliphatic heterocycles. The number of carbonyl (C=O) groups excluding carboxylic acids is 1. The molecule has 140 valence electrons. The van der Waals surface area contributed by atoms with Crippen LogP contribution in [0.1, 0.15) is 40.9 Å². The molecule has 0 saturated carbocycles. The average Bonchev–Trinajstić information content (AvgIpc) is 3.12. The fraction of sp³-hybridized carbons (Fsp3) is 0.529. The normalized spacial score (nSPS) is 15.8. The van der Waals surface area contributed by atoms with Gasteiger partial charge in [-0.1, -0.05) is 6.92 Å². The zero-order valence-corrected chi connectivity index (χ0v) is 17.1. The van der Waals surface area contributed by atoms with Gasteiger partial charge in [-0.2, -0.15) is 0 Å². The standard InChI is InChI=1S/C17H23N3O2S.2ClH/c1-11-4-5-13(22-11)16-20-12(2)14(23-16)15(21)19-10-17(3)6-8-18-9-7-17;;/h4-5,18H,6-10H2,1-3H3,(H,19,21);2*1H. The van der Waals surface area contributed by atoms with Gasteiger partial charge in [-0.05, 0) is 57.3 Å². The van der Waals surface area contributed by atoms with E-state index in [1.165, 1.54) is 11.3 Å². The zero-order valence-electron chi connectivity index (χ0n) is 14.7. The lowest BCUT2D eigenvalue weighted by Gasteiger charge is -2.34. The van der Waals surface area contributed by atoms with Crippen LogP contribution >= 0.6 is 36.2 Å². The van der Waals surface area contributed by atoms with Gasteiger partial charge >= 0.3 is 0 Å². The van der Waals surface area contributed by atoms with Gasteiger partial charge in [0.2, 0.25) is 0 Å². The number of halogens is 2. The number of thiazole rings is 1. The zero-order chi connectivity index (χ0) is 16.4. The third-order valence-electron chi connectivity index (χ3n) is 4.44. The van der Waals surface area contributed by atoms with Crippen LogP contribution in [-0.2, 0) is 0 Å². The molecule has 0 aliphatic carbocycles. The summed E-state index contributed by atoms with van der Waals surface area (Å²) in [6.45, 7) is 8.76. The maximum absolute atomic E-state index is 12.5. The molecule has 3 heterocycles. The number of amides is 1. The van der Waals surface area contributed by atoms with Gasteiger partial charge in [0.25, 0.3) is 5.91 Å². The summed E-state index contributed by atoms with van der Waals surface area (Å²) in [4.78, 5) is 17.7. The highest BCUT2D eigenvalue weighted by atomic mass is 35.5. The Balaban J connectivity index is 0.00000156. The van der Waals surface area contributed by atoms with Crippen molar-refractivity contribution < 1.29 is 9.21 Å². The predicted molar refractivity (Wildman–Crippen MR) is 106 cm³/mol. The quantitative estimate of drug-likeness (QED) is 0.806. The van der Waals surface area contributed by atoms with Crippen LogP contribution in [0.2, 0.25) is 0 Å². The fourth-order valence-electron chi connectivity index (χ4n) is 2.84. The van der Waals surface area contributed by atoms with Crippen molar-refractivity contribution >= 4 is 42.1 Å². The highest BCUT2D eigenvalue weighted by molar-refractivity contribution is 7.17. The fourth-order valence-corrected chi connectivity index (χ4v) is 3.79. The Morgan fingerprint density at radius 2 is 2.00 bits per heavy atom. The van der Waals surface area contributed by atoms with Gasteiger partial charge in [-0.15, -0.1) is 36.2 Å². The third-order valence-corrected chi connectivity index (χ3v) is 5.61. The van der Waals surface area contributed by atoms with Crippen molar-refractivity contribution in [2.75, 3.05) is 19.6 Å². The Hall–Kier alpha value is -1.08. The summed E-state index contributed by atoms with van der Waals surface area (Å²) in [5.41, 5.74) is 0.938. The summed E-state index contributed by atoms with van der Waals surface area (Å²) in [5.74, 6) is 1.53. The second-order valence-electron chi connectivity index (χ2n) is 6.59. The molecule has 0 radical (unpaired) electrons. The number of rotatable bonds is 4. The summed E-state index contributed by atoms with van der Waals surface area (Å²) >= 11 is 1.39. The third kappa shape index (κ3) is 5.20. The van der Waals surface area contributed by atoms with Crippen LogP contribution in [0.5, 0.6) is 0 Å². The molecule has 8 heteroatoms. The Kier molecular flexibility index (Phi) is 7.93. The van der Waals surface area contributed by atoms with Crippen molar-refractivity contribution in [2.24, 2.45) is 5.41 Å². The van der Waals surface area contributed by atoms with Crippen LogP contribution in [0.25, 0.3) is 10.8 Å². The molecule has 2 aromatic heterocycles. The van der Waals surface area contributed by atoms with E-state index in [9.17, 15) is 4.79 Å². The first kappa shape index (κ1) is 22.0. The minimum absolute atomic E-state index is 0. The van der Waals surface area contributed by atoms with E-state index in [-0.39, 0.29) is 36.1 Å². The molecule has 0 aromatic carbocycles. The molecule has 0 bridgehead atoms. The molecule has 0 spiro atoms. The van der Waals surface area contributed by atoms with E-state index in [1.54, 1.807) is 0 Å². The lowest BCUT2D eigenvalue weighted by Crippen LogP contribution is -2.42. The summed E-state index contributed by atoms with van der Waals surface area (Å²) < 4.78 is 5.60. The van der Waals surface area contributed by atoms with Crippen LogP contribution < -0.4 is 10.6 Å². The van der Waals surface area contributed by atoms with Gasteiger partial charge in [0, 0.05) is 6.54 Å². The maximum atomic E-state index is 12.5. The van der Waals surface area contributed by atoms with Gasteiger partial charge in [-0.25, -0.2) is 4.98 Å². The smallest absolute Gasteiger partial charge is 0.263 e. The van der Waals surface area contributed by atoms with Crippen molar-refractivity contribution in [3.05, 3.63) is 28.5 Å². The van der Waals surface area contributed by atoms with E-state index in [0.717, 1.165) is 48.2 Å². The number of aryl methyl sites for hydroxylation is 2. The first-order valence-corrected chi connectivity index (χ1v) is 8.82. The molecule has 0 atom stereocenters. The summed E-state index contributed by atoms with van der Waals surface area (Å²) in [5, 5.41) is 7.21. The minimum Gasteiger partial charge on any atom is -0.459 e. The van der Waals surface area contributed by atoms with Crippen LogP contribution in [0.4, 0.5) is 0 Å². The largest absolute Gasteiger partial charge is 0.459 e.